The molecule has 1 aromatic carbocycles. The average Bonchev–Trinajstić information content (AvgIpc) is 2.38. The van der Waals surface area contributed by atoms with E-state index >= 15 is 0 Å². The molecule has 0 aliphatic carbocycles. The molecule has 1 heterocycles. The lowest BCUT2D eigenvalue weighted by molar-refractivity contribution is -0.186. The number of nitrogens with zero attached hydrogens (tertiary/aromatic N) is 2. The van der Waals surface area contributed by atoms with E-state index in [0.717, 1.165) is 11.1 Å². The summed E-state index contributed by atoms with van der Waals surface area (Å²) in [4.78, 5) is 8.72. The number of aromatic nitrogens is 1. The van der Waals surface area contributed by atoms with Crippen LogP contribution >= 0.6 is 0 Å². The minimum atomic E-state index is 0.168. The molecule has 0 fully saturated rings. The second-order valence-corrected chi connectivity index (χ2v) is 3.69. The van der Waals surface area contributed by atoms with Crippen molar-refractivity contribution in [2.24, 2.45) is 0 Å². The van der Waals surface area contributed by atoms with Gasteiger partial charge in [0.2, 0.25) is 0 Å². The number of hydroxylamine groups is 1. The Balaban J connectivity index is 2.04. The first-order chi connectivity index (χ1) is 8.74. The standard InChI is InChI=1S/C14H13FN2O/c1-17(15)18-14-6-4-12(5-7-14)2-3-13-8-10-16-11-9-13/h2-11H,1H3/b3-2+. The molecule has 18 heavy (non-hydrogen) atoms. The summed E-state index contributed by atoms with van der Waals surface area (Å²) < 4.78 is 12.4. The van der Waals surface area contributed by atoms with Crippen molar-refractivity contribution in [3.63, 3.8) is 0 Å². The molecule has 0 spiro atoms. The quantitative estimate of drug-likeness (QED) is 0.609. The van der Waals surface area contributed by atoms with Crippen molar-refractivity contribution in [1.82, 2.24) is 10.3 Å². The normalized spacial score (nSPS) is 11.1. The van der Waals surface area contributed by atoms with Gasteiger partial charge in [0.25, 0.3) is 0 Å². The number of halogens is 1. The molecule has 0 aliphatic heterocycles. The van der Waals surface area contributed by atoms with Gasteiger partial charge in [-0.2, -0.15) is 0 Å². The van der Waals surface area contributed by atoms with Gasteiger partial charge in [-0.3, -0.25) is 4.98 Å². The van der Waals surface area contributed by atoms with Gasteiger partial charge < -0.3 is 4.84 Å². The molecule has 0 bridgehead atoms. The highest BCUT2D eigenvalue weighted by Crippen LogP contribution is 2.15. The lowest BCUT2D eigenvalue weighted by Crippen LogP contribution is -2.10. The highest BCUT2D eigenvalue weighted by molar-refractivity contribution is 5.69. The Labute approximate surface area is 105 Å². The maximum absolute atomic E-state index is 12.4. The van der Waals surface area contributed by atoms with Crippen molar-refractivity contribution < 1.29 is 9.32 Å². The van der Waals surface area contributed by atoms with Gasteiger partial charge in [-0.05, 0) is 35.4 Å². The molecular weight excluding hydrogens is 231 g/mol. The summed E-state index contributed by atoms with van der Waals surface area (Å²) in [6.07, 6.45) is 7.44. The summed E-state index contributed by atoms with van der Waals surface area (Å²) in [5, 5.41) is 0.168. The van der Waals surface area contributed by atoms with Gasteiger partial charge in [0.05, 0.1) is 7.05 Å². The minimum Gasteiger partial charge on any atom is -0.376 e. The molecule has 2 aromatic rings. The van der Waals surface area contributed by atoms with Crippen LogP contribution < -0.4 is 4.84 Å². The van der Waals surface area contributed by atoms with Gasteiger partial charge in [-0.25, -0.2) is 0 Å². The van der Waals surface area contributed by atoms with E-state index < -0.39 is 0 Å². The Morgan fingerprint density at radius 2 is 1.56 bits per heavy atom. The van der Waals surface area contributed by atoms with E-state index in [0.29, 0.717) is 5.75 Å². The zero-order chi connectivity index (χ0) is 12.8. The summed E-state index contributed by atoms with van der Waals surface area (Å²) in [6.45, 7) is 0. The van der Waals surface area contributed by atoms with Crippen LogP contribution in [-0.2, 0) is 0 Å². The fraction of sp³-hybridized carbons (Fsp3) is 0.0714. The third-order valence-electron chi connectivity index (χ3n) is 2.29. The first-order valence-corrected chi connectivity index (χ1v) is 5.50. The van der Waals surface area contributed by atoms with E-state index in [-0.39, 0.29) is 5.29 Å². The Bertz CT molecular complexity index is 509. The highest BCUT2D eigenvalue weighted by atomic mass is 19.2. The number of hydrogen-bond acceptors (Lipinski definition) is 3. The summed E-state index contributed by atoms with van der Waals surface area (Å²) >= 11 is 0. The van der Waals surface area contributed by atoms with Crippen LogP contribution in [0.15, 0.2) is 48.8 Å². The third kappa shape index (κ3) is 3.68. The molecule has 3 nitrogen and oxygen atoms in total. The predicted octanol–water partition coefficient (Wildman–Crippen LogP) is 3.36. The predicted molar refractivity (Wildman–Crippen MR) is 69.1 cm³/mol. The van der Waals surface area contributed by atoms with E-state index in [1.807, 2.05) is 36.4 Å². The van der Waals surface area contributed by atoms with Crippen LogP contribution in [0.2, 0.25) is 0 Å². The second kappa shape index (κ2) is 5.93. The van der Waals surface area contributed by atoms with E-state index in [9.17, 15) is 4.48 Å². The average molecular weight is 244 g/mol. The molecule has 0 saturated heterocycles. The summed E-state index contributed by atoms with van der Waals surface area (Å²) in [7, 11) is 1.19. The molecular formula is C14H13FN2O. The zero-order valence-corrected chi connectivity index (χ0v) is 9.95. The summed E-state index contributed by atoms with van der Waals surface area (Å²) in [6, 6.07) is 11.0. The Morgan fingerprint density at radius 3 is 2.11 bits per heavy atom. The monoisotopic (exact) mass is 244 g/mol. The van der Waals surface area contributed by atoms with Gasteiger partial charge in [-0.1, -0.05) is 28.8 Å². The number of hydrogen-bond donors (Lipinski definition) is 0. The molecule has 0 saturated carbocycles. The van der Waals surface area contributed by atoms with Crippen LogP contribution in [-0.4, -0.2) is 17.3 Å². The summed E-state index contributed by atoms with van der Waals surface area (Å²) in [5.41, 5.74) is 2.09. The van der Waals surface area contributed by atoms with Crippen LogP contribution in [0.5, 0.6) is 5.75 Å². The lowest BCUT2D eigenvalue weighted by Gasteiger charge is -2.06. The lowest BCUT2D eigenvalue weighted by atomic mass is 10.1. The molecule has 1 aromatic heterocycles. The maximum Gasteiger partial charge on any atom is 0.150 e. The molecule has 0 unspecified atom stereocenters. The van der Waals surface area contributed by atoms with E-state index in [1.165, 1.54) is 7.05 Å². The van der Waals surface area contributed by atoms with Gasteiger partial charge in [-0.15, -0.1) is 0 Å². The fourth-order valence-corrected chi connectivity index (χ4v) is 1.45. The Morgan fingerprint density at radius 1 is 1.00 bits per heavy atom. The van der Waals surface area contributed by atoms with Crippen molar-refractivity contribution in [2.75, 3.05) is 7.05 Å². The van der Waals surface area contributed by atoms with Crippen molar-refractivity contribution in [2.45, 2.75) is 0 Å². The first-order valence-electron chi connectivity index (χ1n) is 5.50. The van der Waals surface area contributed by atoms with Crippen LogP contribution in [0.4, 0.5) is 4.48 Å². The van der Waals surface area contributed by atoms with E-state index in [1.54, 1.807) is 24.5 Å². The van der Waals surface area contributed by atoms with Crippen molar-refractivity contribution in [3.8, 4) is 5.75 Å². The minimum absolute atomic E-state index is 0.168. The zero-order valence-electron chi connectivity index (χ0n) is 9.95. The molecule has 4 heteroatoms. The Kier molecular flexibility index (Phi) is 4.04. The molecule has 0 radical (unpaired) electrons. The molecule has 92 valence electrons. The molecule has 2 rings (SSSR count). The van der Waals surface area contributed by atoms with Crippen molar-refractivity contribution in [3.05, 3.63) is 59.9 Å². The van der Waals surface area contributed by atoms with Crippen LogP contribution in [0.25, 0.3) is 12.2 Å². The molecule has 0 aliphatic rings. The van der Waals surface area contributed by atoms with Gasteiger partial charge in [0.15, 0.2) is 5.75 Å². The topological polar surface area (TPSA) is 25.4 Å². The second-order valence-electron chi connectivity index (χ2n) is 3.69. The Hall–Kier alpha value is -2.20. The van der Waals surface area contributed by atoms with Crippen LogP contribution in [0.3, 0.4) is 0 Å². The van der Waals surface area contributed by atoms with Crippen molar-refractivity contribution in [1.29, 1.82) is 0 Å². The molecule has 0 N–H and O–H groups in total. The molecule has 0 amide bonds. The number of rotatable bonds is 4. The number of benzene rings is 1. The maximum atomic E-state index is 12.4. The van der Waals surface area contributed by atoms with Crippen molar-refractivity contribution >= 4 is 12.2 Å². The van der Waals surface area contributed by atoms with Gasteiger partial charge >= 0.3 is 0 Å². The highest BCUT2D eigenvalue weighted by Gasteiger charge is 1.97. The smallest absolute Gasteiger partial charge is 0.150 e. The van der Waals surface area contributed by atoms with E-state index in [4.69, 9.17) is 4.84 Å². The fourth-order valence-electron chi connectivity index (χ4n) is 1.45. The van der Waals surface area contributed by atoms with Gasteiger partial charge in [0, 0.05) is 17.7 Å². The third-order valence-corrected chi connectivity index (χ3v) is 2.29. The SMILES string of the molecule is CN(F)Oc1ccc(/C=C/c2ccncc2)cc1. The number of pyridine rings is 1. The summed E-state index contributed by atoms with van der Waals surface area (Å²) in [5.74, 6) is 0.459. The largest absolute Gasteiger partial charge is 0.376 e. The molecule has 0 atom stereocenters. The van der Waals surface area contributed by atoms with Crippen LogP contribution in [0, 0.1) is 0 Å². The van der Waals surface area contributed by atoms with Gasteiger partial charge in [0.1, 0.15) is 0 Å². The first kappa shape index (κ1) is 12.3. The van der Waals surface area contributed by atoms with Crippen LogP contribution in [0.1, 0.15) is 11.1 Å². The van der Waals surface area contributed by atoms with E-state index in [2.05, 4.69) is 4.98 Å².